The van der Waals surface area contributed by atoms with Gasteiger partial charge in [0, 0.05) is 19.3 Å². The quantitative estimate of drug-likeness (QED) is 0.0263. The normalized spacial score (nSPS) is 12.8. The van der Waals surface area contributed by atoms with Crippen LogP contribution in [0.2, 0.25) is 0 Å². The third-order valence-electron chi connectivity index (χ3n) is 10.6. The molecule has 0 rings (SSSR count). The maximum atomic E-state index is 12.8. The van der Waals surface area contributed by atoms with E-state index in [1.165, 1.54) is 109 Å². The van der Waals surface area contributed by atoms with Crippen molar-refractivity contribution < 1.29 is 28.6 Å². The molecule has 354 valence electrons. The van der Waals surface area contributed by atoms with Gasteiger partial charge in [-0.1, -0.05) is 196 Å². The highest BCUT2D eigenvalue weighted by Crippen LogP contribution is 2.12. The lowest BCUT2D eigenvalue weighted by Crippen LogP contribution is -2.30. The number of allylic oxidation sites excluding steroid dienone is 14. The molecule has 0 aliphatic heterocycles. The fraction of sp³-hybridized carbons (Fsp3) is 0.696. The molecular weight excluding hydrogens is 769 g/mol. The summed E-state index contributed by atoms with van der Waals surface area (Å²) in [4.78, 5) is 37.9. The summed E-state index contributed by atoms with van der Waals surface area (Å²) in [5.41, 5.74) is 0. The number of ether oxygens (including phenoxy) is 3. The van der Waals surface area contributed by atoms with Gasteiger partial charge in [-0.05, 0) is 103 Å². The standard InChI is InChI=1S/C56H94O6/c1-4-7-10-13-16-19-22-25-27-28-29-32-34-37-40-43-46-49-55(58)61-52-53(51-60-54(57)48-45-42-39-36-33-30-24-21-18-15-12-9-6-3)62-56(59)50-47-44-41-38-35-31-26-23-20-17-14-11-8-5-2/h16,19,25,27,29-33,35,37,39-40,42,53H,4-15,17-18,20-24,26,28,34,36,38,41,43-52H2,1-3H3/b19-16-,27-25-,32-29-,33-30-,35-31-,40-37-,42-39-. The van der Waals surface area contributed by atoms with E-state index < -0.39 is 6.10 Å². The Hall–Kier alpha value is -3.41. The molecule has 0 aromatic carbocycles. The Kier molecular flexibility index (Phi) is 47.5. The zero-order chi connectivity index (χ0) is 45.1. The first-order chi connectivity index (χ1) is 30.5. The van der Waals surface area contributed by atoms with Crippen LogP contribution in [0.5, 0.6) is 0 Å². The molecule has 0 aromatic heterocycles. The van der Waals surface area contributed by atoms with Crippen molar-refractivity contribution in [2.75, 3.05) is 13.2 Å². The summed E-state index contributed by atoms with van der Waals surface area (Å²) in [6.07, 6.45) is 64.4. The molecule has 0 spiro atoms. The predicted octanol–water partition coefficient (Wildman–Crippen LogP) is 16.8. The second-order valence-corrected chi connectivity index (χ2v) is 16.7. The molecule has 0 radical (unpaired) electrons. The van der Waals surface area contributed by atoms with E-state index in [2.05, 4.69) is 99.8 Å². The molecule has 0 saturated carbocycles. The monoisotopic (exact) mass is 863 g/mol. The second kappa shape index (κ2) is 50.2. The van der Waals surface area contributed by atoms with Crippen molar-refractivity contribution in [1.29, 1.82) is 0 Å². The molecule has 0 aromatic rings. The number of unbranched alkanes of at least 4 members (excludes halogenated alkanes) is 20. The molecule has 0 aliphatic carbocycles. The van der Waals surface area contributed by atoms with Gasteiger partial charge >= 0.3 is 17.9 Å². The maximum Gasteiger partial charge on any atom is 0.306 e. The SMILES string of the molecule is CCCCC/C=C\C/C=C\C/C=C\C/C=C\CCCC(=O)OCC(COC(=O)CC/C=C\C/C=C\CCCCCCCC)OC(=O)CCCCC/C=C\CCCCCCCCC. The van der Waals surface area contributed by atoms with Gasteiger partial charge in [-0.3, -0.25) is 14.4 Å². The Morgan fingerprint density at radius 1 is 0.323 bits per heavy atom. The minimum Gasteiger partial charge on any atom is -0.462 e. The van der Waals surface area contributed by atoms with Crippen LogP contribution in [0.3, 0.4) is 0 Å². The van der Waals surface area contributed by atoms with Gasteiger partial charge in [0.2, 0.25) is 0 Å². The van der Waals surface area contributed by atoms with Gasteiger partial charge in [-0.15, -0.1) is 0 Å². The maximum absolute atomic E-state index is 12.8. The van der Waals surface area contributed by atoms with Gasteiger partial charge in [0.15, 0.2) is 6.10 Å². The molecule has 0 fully saturated rings. The first kappa shape index (κ1) is 58.6. The molecule has 1 unspecified atom stereocenters. The largest absolute Gasteiger partial charge is 0.462 e. The molecule has 62 heavy (non-hydrogen) atoms. The number of hydrogen-bond donors (Lipinski definition) is 0. The molecule has 6 heteroatoms. The number of esters is 3. The van der Waals surface area contributed by atoms with E-state index >= 15 is 0 Å². The Bertz CT molecular complexity index is 1220. The lowest BCUT2D eigenvalue weighted by atomic mass is 10.1. The lowest BCUT2D eigenvalue weighted by Gasteiger charge is -2.18. The molecule has 0 amide bonds. The summed E-state index contributed by atoms with van der Waals surface area (Å²) in [6.45, 7) is 6.47. The van der Waals surface area contributed by atoms with Crippen molar-refractivity contribution >= 4 is 17.9 Å². The van der Waals surface area contributed by atoms with Gasteiger partial charge in [-0.25, -0.2) is 0 Å². The minimum absolute atomic E-state index is 0.128. The Balaban J connectivity index is 4.56. The second-order valence-electron chi connectivity index (χ2n) is 16.7. The molecule has 0 heterocycles. The first-order valence-electron chi connectivity index (χ1n) is 25.6. The number of hydrogen-bond acceptors (Lipinski definition) is 6. The molecule has 0 bridgehead atoms. The number of rotatable bonds is 45. The third-order valence-corrected chi connectivity index (χ3v) is 10.6. The fourth-order valence-corrected chi connectivity index (χ4v) is 6.72. The van der Waals surface area contributed by atoms with E-state index in [1.807, 2.05) is 6.08 Å². The van der Waals surface area contributed by atoms with E-state index in [-0.39, 0.29) is 50.4 Å². The highest BCUT2D eigenvalue weighted by molar-refractivity contribution is 5.71. The van der Waals surface area contributed by atoms with Crippen LogP contribution in [0.25, 0.3) is 0 Å². The fourth-order valence-electron chi connectivity index (χ4n) is 6.72. The highest BCUT2D eigenvalue weighted by atomic mass is 16.6. The minimum atomic E-state index is -0.828. The molecule has 1 atom stereocenters. The van der Waals surface area contributed by atoms with Gasteiger partial charge in [0.05, 0.1) is 0 Å². The van der Waals surface area contributed by atoms with Crippen molar-refractivity contribution in [3.63, 3.8) is 0 Å². The summed E-state index contributed by atoms with van der Waals surface area (Å²) >= 11 is 0. The van der Waals surface area contributed by atoms with Crippen molar-refractivity contribution in [1.82, 2.24) is 0 Å². The average Bonchev–Trinajstić information content (AvgIpc) is 3.27. The lowest BCUT2D eigenvalue weighted by molar-refractivity contribution is -0.166. The zero-order valence-electron chi connectivity index (χ0n) is 40.4. The molecule has 0 aliphatic rings. The molecule has 0 N–H and O–H groups in total. The van der Waals surface area contributed by atoms with Gasteiger partial charge in [0.25, 0.3) is 0 Å². The van der Waals surface area contributed by atoms with Crippen LogP contribution in [0.15, 0.2) is 85.1 Å². The summed E-state index contributed by atoms with van der Waals surface area (Å²) in [5, 5.41) is 0. The van der Waals surface area contributed by atoms with Gasteiger partial charge < -0.3 is 14.2 Å². The van der Waals surface area contributed by atoms with Crippen molar-refractivity contribution in [2.24, 2.45) is 0 Å². The van der Waals surface area contributed by atoms with Crippen molar-refractivity contribution in [2.45, 2.75) is 239 Å². The smallest absolute Gasteiger partial charge is 0.306 e. The van der Waals surface area contributed by atoms with Crippen molar-refractivity contribution in [3.8, 4) is 0 Å². The van der Waals surface area contributed by atoms with Gasteiger partial charge in [-0.2, -0.15) is 0 Å². The van der Waals surface area contributed by atoms with E-state index in [4.69, 9.17) is 14.2 Å². The van der Waals surface area contributed by atoms with Crippen LogP contribution in [0.4, 0.5) is 0 Å². The average molecular weight is 863 g/mol. The molecule has 0 saturated heterocycles. The van der Waals surface area contributed by atoms with Crippen LogP contribution in [0, 0.1) is 0 Å². The van der Waals surface area contributed by atoms with E-state index in [0.717, 1.165) is 70.6 Å². The summed E-state index contributed by atoms with van der Waals surface area (Å²) in [7, 11) is 0. The predicted molar refractivity (Wildman–Crippen MR) is 265 cm³/mol. The Morgan fingerprint density at radius 2 is 0.629 bits per heavy atom. The number of carbonyl (C=O) groups is 3. The van der Waals surface area contributed by atoms with Crippen LogP contribution in [-0.4, -0.2) is 37.2 Å². The highest BCUT2D eigenvalue weighted by Gasteiger charge is 2.19. The van der Waals surface area contributed by atoms with Crippen LogP contribution in [0.1, 0.15) is 233 Å². The van der Waals surface area contributed by atoms with Crippen LogP contribution >= 0.6 is 0 Å². The van der Waals surface area contributed by atoms with Crippen molar-refractivity contribution in [3.05, 3.63) is 85.1 Å². The Labute approximate surface area is 382 Å². The van der Waals surface area contributed by atoms with E-state index in [9.17, 15) is 14.4 Å². The summed E-state index contributed by atoms with van der Waals surface area (Å²) in [5.74, 6) is -1.07. The Morgan fingerprint density at radius 3 is 1.10 bits per heavy atom. The van der Waals surface area contributed by atoms with Gasteiger partial charge in [0.1, 0.15) is 13.2 Å². The summed E-state index contributed by atoms with van der Waals surface area (Å²) in [6, 6.07) is 0. The molecule has 6 nitrogen and oxygen atoms in total. The summed E-state index contributed by atoms with van der Waals surface area (Å²) < 4.78 is 16.7. The van der Waals surface area contributed by atoms with E-state index in [0.29, 0.717) is 12.8 Å². The molecular formula is C56H94O6. The van der Waals surface area contributed by atoms with E-state index in [1.54, 1.807) is 0 Å². The number of carbonyl (C=O) groups excluding carboxylic acids is 3. The van der Waals surface area contributed by atoms with Crippen LogP contribution < -0.4 is 0 Å². The van der Waals surface area contributed by atoms with Crippen LogP contribution in [-0.2, 0) is 28.6 Å². The first-order valence-corrected chi connectivity index (χ1v) is 25.6. The zero-order valence-corrected chi connectivity index (χ0v) is 40.4. The topological polar surface area (TPSA) is 78.9 Å². The third kappa shape index (κ3) is 47.6.